The van der Waals surface area contributed by atoms with E-state index in [0.29, 0.717) is 0 Å². The molecule has 29 heavy (non-hydrogen) atoms. The highest BCUT2D eigenvalue weighted by Crippen LogP contribution is 2.29. The number of hydrogen-bond acceptors (Lipinski definition) is 4. The first kappa shape index (κ1) is 23.9. The van der Waals surface area contributed by atoms with E-state index in [9.17, 15) is 0 Å². The molecule has 160 valence electrons. The third-order valence-corrected chi connectivity index (χ3v) is 16.7. The van der Waals surface area contributed by atoms with E-state index in [0.717, 1.165) is 13.1 Å². The van der Waals surface area contributed by atoms with Crippen molar-refractivity contribution >= 4 is 36.9 Å². The Kier molecular flexibility index (Phi) is 7.92. The van der Waals surface area contributed by atoms with Gasteiger partial charge in [-0.2, -0.15) is 0 Å². The van der Waals surface area contributed by atoms with E-state index in [-0.39, 0.29) is 0 Å². The van der Waals surface area contributed by atoms with E-state index < -0.39 is 25.5 Å². The number of rotatable bonds is 10. The van der Waals surface area contributed by atoms with Crippen LogP contribution in [0.25, 0.3) is 0 Å². The first-order valence-electron chi connectivity index (χ1n) is 10.6. The molecule has 2 aromatic carbocycles. The number of para-hydroxylation sites is 2. The van der Waals surface area contributed by atoms with Crippen LogP contribution in [0.2, 0.25) is 39.3 Å². The molecule has 0 radical (unpaired) electrons. The first-order valence-corrected chi connectivity index (χ1v) is 19.1. The van der Waals surface area contributed by atoms with Gasteiger partial charge in [-0.3, -0.25) is 0 Å². The molecule has 7 heteroatoms. The van der Waals surface area contributed by atoms with Gasteiger partial charge in [0.15, 0.2) is 0 Å². The molecule has 0 fully saturated rings. The van der Waals surface area contributed by atoms with E-state index in [1.165, 1.54) is 11.4 Å². The van der Waals surface area contributed by atoms with Gasteiger partial charge in [-0.1, -0.05) is 36.4 Å². The van der Waals surface area contributed by atoms with Gasteiger partial charge < -0.3 is 17.4 Å². The van der Waals surface area contributed by atoms with Crippen LogP contribution in [0.15, 0.2) is 60.7 Å². The summed E-state index contributed by atoms with van der Waals surface area (Å²) >= 11 is 0. The summed E-state index contributed by atoms with van der Waals surface area (Å²) in [5.74, 6) is 0. The van der Waals surface area contributed by atoms with E-state index in [1.807, 2.05) is 0 Å². The molecule has 2 aromatic rings. The fourth-order valence-electron chi connectivity index (χ4n) is 4.30. The van der Waals surface area contributed by atoms with Gasteiger partial charge in [-0.25, -0.2) is 0 Å². The molecule has 0 N–H and O–H groups in total. The van der Waals surface area contributed by atoms with Crippen molar-refractivity contribution in [2.24, 2.45) is 0 Å². The van der Waals surface area contributed by atoms with E-state index in [4.69, 9.17) is 8.23 Å². The average Bonchev–Trinajstić information content (AvgIpc) is 2.62. The number of nitrogens with zero attached hydrogens (tertiary/aromatic N) is 2. The minimum Gasteiger partial charge on any atom is -0.420 e. The largest absolute Gasteiger partial charge is 0.420 e. The molecule has 4 nitrogen and oxygen atoms in total. The van der Waals surface area contributed by atoms with Crippen molar-refractivity contribution in [3.8, 4) is 0 Å². The molecule has 0 bridgehead atoms. The number of anilines is 2. The van der Waals surface area contributed by atoms with Gasteiger partial charge in [-0.15, -0.1) is 0 Å². The molecule has 0 aliphatic carbocycles. The van der Waals surface area contributed by atoms with Gasteiger partial charge in [0.1, 0.15) is 0 Å². The molecule has 0 spiro atoms. The second-order valence-electron chi connectivity index (χ2n) is 8.66. The summed E-state index contributed by atoms with van der Waals surface area (Å²) in [7, 11) is -6.68. The standard InChI is InChI=1S/C22H38N2O2Si3/c1-9-23(21-17-13-11-14-18-21)27(3,4)25-29(7,8)26-28(5,6)24(10-2)22-19-15-12-16-20-22/h11-20H,9-10H2,1-8H3. The molecule has 0 heterocycles. The molecular weight excluding hydrogens is 409 g/mol. The summed E-state index contributed by atoms with van der Waals surface area (Å²) in [4.78, 5) is 0. The van der Waals surface area contributed by atoms with Crippen LogP contribution in [0.4, 0.5) is 11.4 Å². The fraction of sp³-hybridized carbons (Fsp3) is 0.455. The number of hydrogen-bond donors (Lipinski definition) is 0. The third-order valence-electron chi connectivity index (χ3n) is 5.06. The highest BCUT2D eigenvalue weighted by molar-refractivity contribution is 6.90. The quantitative estimate of drug-likeness (QED) is 0.407. The molecule has 0 aliphatic heterocycles. The summed E-state index contributed by atoms with van der Waals surface area (Å²) in [5, 5.41) is 0. The van der Waals surface area contributed by atoms with E-state index in [1.54, 1.807) is 0 Å². The molecule has 0 saturated heterocycles. The second kappa shape index (κ2) is 9.61. The van der Waals surface area contributed by atoms with Crippen molar-refractivity contribution in [1.29, 1.82) is 0 Å². The van der Waals surface area contributed by atoms with Gasteiger partial charge in [0.05, 0.1) is 0 Å². The predicted octanol–water partition coefficient (Wildman–Crippen LogP) is 6.18. The maximum Gasteiger partial charge on any atom is 0.313 e. The Balaban J connectivity index is 2.20. The summed E-state index contributed by atoms with van der Waals surface area (Å²) < 4.78 is 18.7. The van der Waals surface area contributed by atoms with Gasteiger partial charge in [0.2, 0.25) is 0 Å². The highest BCUT2D eigenvalue weighted by atomic mass is 28.5. The molecule has 0 atom stereocenters. The molecule has 0 unspecified atom stereocenters. The Bertz CT molecular complexity index is 692. The van der Waals surface area contributed by atoms with Crippen molar-refractivity contribution in [2.75, 3.05) is 22.2 Å². The van der Waals surface area contributed by atoms with Crippen molar-refractivity contribution in [2.45, 2.75) is 53.1 Å². The maximum absolute atomic E-state index is 6.89. The topological polar surface area (TPSA) is 24.9 Å². The van der Waals surface area contributed by atoms with Crippen LogP contribution >= 0.6 is 0 Å². The normalized spacial score (nSPS) is 12.7. The maximum atomic E-state index is 6.89. The Morgan fingerprint density at radius 2 is 0.897 bits per heavy atom. The van der Waals surface area contributed by atoms with Gasteiger partial charge in [-0.05, 0) is 77.4 Å². The lowest BCUT2D eigenvalue weighted by molar-refractivity contribution is 0.385. The lowest BCUT2D eigenvalue weighted by Gasteiger charge is -2.46. The van der Waals surface area contributed by atoms with Crippen LogP contribution in [0.3, 0.4) is 0 Å². The second-order valence-corrected chi connectivity index (χ2v) is 20.0. The van der Waals surface area contributed by atoms with Crippen LogP contribution < -0.4 is 9.13 Å². The molecule has 0 amide bonds. The summed E-state index contributed by atoms with van der Waals surface area (Å²) in [6, 6.07) is 21.2. The predicted molar refractivity (Wildman–Crippen MR) is 134 cm³/mol. The fourth-order valence-corrected chi connectivity index (χ4v) is 18.4. The Hall–Kier alpha value is -1.39. The monoisotopic (exact) mass is 446 g/mol. The smallest absolute Gasteiger partial charge is 0.313 e. The van der Waals surface area contributed by atoms with Gasteiger partial charge in [0.25, 0.3) is 17.0 Å². The third kappa shape index (κ3) is 6.29. The minimum absolute atomic E-state index is 0.930. The van der Waals surface area contributed by atoms with Crippen LogP contribution in [0.1, 0.15) is 13.8 Å². The van der Waals surface area contributed by atoms with Crippen molar-refractivity contribution in [3.05, 3.63) is 60.7 Å². The van der Waals surface area contributed by atoms with Crippen LogP contribution in [-0.4, -0.2) is 38.6 Å². The minimum atomic E-state index is -2.36. The molecule has 0 saturated carbocycles. The summed E-state index contributed by atoms with van der Waals surface area (Å²) in [6.45, 7) is 19.8. The van der Waals surface area contributed by atoms with E-state index >= 15 is 0 Å². The van der Waals surface area contributed by atoms with Crippen LogP contribution in [0.5, 0.6) is 0 Å². The molecule has 0 aromatic heterocycles. The van der Waals surface area contributed by atoms with Crippen molar-refractivity contribution in [3.63, 3.8) is 0 Å². The zero-order valence-corrected chi connectivity index (χ0v) is 22.4. The highest BCUT2D eigenvalue weighted by Gasteiger charge is 2.44. The Morgan fingerprint density at radius 3 is 1.17 bits per heavy atom. The lowest BCUT2D eigenvalue weighted by atomic mass is 10.3. The lowest BCUT2D eigenvalue weighted by Crippen LogP contribution is -2.63. The van der Waals surface area contributed by atoms with E-state index in [2.05, 4.69) is 123 Å². The summed E-state index contributed by atoms with van der Waals surface area (Å²) in [5.41, 5.74) is 2.46. The van der Waals surface area contributed by atoms with Crippen molar-refractivity contribution in [1.82, 2.24) is 0 Å². The average molecular weight is 447 g/mol. The molecule has 2 rings (SSSR count). The Morgan fingerprint density at radius 1 is 0.586 bits per heavy atom. The van der Waals surface area contributed by atoms with Crippen LogP contribution in [0, 0.1) is 0 Å². The first-order chi connectivity index (χ1) is 13.5. The zero-order chi connectivity index (χ0) is 21.7. The van der Waals surface area contributed by atoms with Crippen LogP contribution in [-0.2, 0) is 8.23 Å². The van der Waals surface area contributed by atoms with Gasteiger partial charge in [0, 0.05) is 24.5 Å². The Labute approximate surface area is 181 Å². The van der Waals surface area contributed by atoms with Crippen molar-refractivity contribution < 1.29 is 8.23 Å². The SMILES string of the molecule is CCN(c1ccccc1)[Si](C)(C)O[Si](C)(C)O[Si](C)(C)N(CC)c1ccccc1. The number of benzene rings is 2. The molecular formula is C22H38N2O2Si3. The molecule has 0 aliphatic rings. The zero-order valence-electron chi connectivity index (χ0n) is 19.4. The van der Waals surface area contributed by atoms with Gasteiger partial charge >= 0.3 is 8.56 Å². The summed E-state index contributed by atoms with van der Waals surface area (Å²) in [6.07, 6.45) is 0.